The van der Waals surface area contributed by atoms with Crippen molar-refractivity contribution in [3.05, 3.63) is 70.5 Å². The predicted octanol–water partition coefficient (Wildman–Crippen LogP) is 5.42. The fraction of sp³-hybridized carbons (Fsp3) is 0.143. The van der Waals surface area contributed by atoms with Crippen LogP contribution in [0.3, 0.4) is 0 Å². The number of amides is 1. The third-order valence-electron chi connectivity index (χ3n) is 4.04. The van der Waals surface area contributed by atoms with E-state index in [9.17, 15) is 4.79 Å². The Morgan fingerprint density at radius 3 is 2.43 bits per heavy atom. The number of ether oxygens (including phenoxy) is 2. The molecule has 0 N–H and O–H groups in total. The number of carbonyl (C=O) groups excluding carboxylic acids is 1. The molecule has 3 aromatic rings. The van der Waals surface area contributed by atoms with E-state index in [2.05, 4.69) is 27.5 Å². The minimum Gasteiger partial charge on any atom is -0.495 e. The summed E-state index contributed by atoms with van der Waals surface area (Å²) in [5.41, 5.74) is 2.27. The molecule has 0 aliphatic carbocycles. The molecule has 0 atom stereocenters. The maximum Gasteiger partial charge on any atom is 0.260 e. The zero-order chi connectivity index (χ0) is 20.1. The Bertz CT molecular complexity index is 963. The maximum absolute atomic E-state index is 13.2. The van der Waals surface area contributed by atoms with E-state index in [1.54, 1.807) is 37.3 Å². The third-order valence-corrected chi connectivity index (χ3v) is 5.69. The Hall–Kier alpha value is -2.64. The van der Waals surface area contributed by atoms with Crippen LogP contribution in [0.25, 0.3) is 11.3 Å². The van der Waals surface area contributed by atoms with E-state index in [0.29, 0.717) is 33.2 Å². The molecule has 0 saturated carbocycles. The summed E-state index contributed by atoms with van der Waals surface area (Å²) in [7, 11) is 3.09. The lowest BCUT2D eigenvalue weighted by Gasteiger charge is -2.19. The van der Waals surface area contributed by atoms with Crippen LogP contribution in [0.4, 0.5) is 5.13 Å². The number of halogens is 1. The van der Waals surface area contributed by atoms with Crippen LogP contribution < -0.4 is 14.4 Å². The van der Waals surface area contributed by atoms with Gasteiger partial charge in [0.15, 0.2) is 5.13 Å². The first-order valence-corrected chi connectivity index (χ1v) is 10.1. The summed E-state index contributed by atoms with van der Waals surface area (Å²) in [5.74, 6) is 0.827. The molecule has 0 aliphatic rings. The van der Waals surface area contributed by atoms with Gasteiger partial charge in [0, 0.05) is 23.1 Å². The Labute approximate surface area is 176 Å². The molecule has 0 bridgehead atoms. The number of benzene rings is 2. The standard InChI is InChI=1S/C21H19BrN2O3S/c1-4-10-24(21-23-16(13-28-21)14-8-6-5-7-9-14)20(25)15-11-17(26-2)19(22)18(12-15)27-3/h4-9,11-13H,1,10H2,2-3H3. The Morgan fingerprint density at radius 1 is 1.21 bits per heavy atom. The first-order chi connectivity index (χ1) is 13.6. The van der Waals surface area contributed by atoms with Crippen LogP contribution in [0.1, 0.15) is 10.4 Å². The number of carbonyl (C=O) groups is 1. The molecule has 2 aromatic carbocycles. The van der Waals surface area contributed by atoms with Gasteiger partial charge in [-0.2, -0.15) is 0 Å². The molecule has 5 nitrogen and oxygen atoms in total. The first-order valence-electron chi connectivity index (χ1n) is 8.44. The van der Waals surface area contributed by atoms with Crippen LogP contribution in [0.2, 0.25) is 0 Å². The van der Waals surface area contributed by atoms with Crippen LogP contribution in [0.15, 0.2) is 65.0 Å². The third kappa shape index (κ3) is 4.10. The van der Waals surface area contributed by atoms with E-state index in [-0.39, 0.29) is 5.91 Å². The van der Waals surface area contributed by atoms with Gasteiger partial charge >= 0.3 is 0 Å². The van der Waals surface area contributed by atoms with E-state index in [0.717, 1.165) is 11.3 Å². The van der Waals surface area contributed by atoms with Crippen molar-refractivity contribution in [3.63, 3.8) is 0 Å². The topological polar surface area (TPSA) is 51.7 Å². The number of aromatic nitrogens is 1. The zero-order valence-corrected chi connectivity index (χ0v) is 17.9. The largest absolute Gasteiger partial charge is 0.495 e. The minimum absolute atomic E-state index is 0.210. The molecule has 0 aliphatic heterocycles. The molecule has 0 fully saturated rings. The summed E-state index contributed by atoms with van der Waals surface area (Å²) in [6, 6.07) is 13.2. The molecule has 0 radical (unpaired) electrons. The summed E-state index contributed by atoms with van der Waals surface area (Å²) >= 11 is 4.84. The van der Waals surface area contributed by atoms with Crippen molar-refractivity contribution < 1.29 is 14.3 Å². The maximum atomic E-state index is 13.2. The normalized spacial score (nSPS) is 10.4. The smallest absolute Gasteiger partial charge is 0.260 e. The fourth-order valence-electron chi connectivity index (χ4n) is 2.66. The van der Waals surface area contributed by atoms with Gasteiger partial charge in [0.1, 0.15) is 16.0 Å². The molecular formula is C21H19BrN2O3S. The Kier molecular flexibility index (Phi) is 6.49. The minimum atomic E-state index is -0.210. The van der Waals surface area contributed by atoms with Crippen LogP contribution >= 0.6 is 27.3 Å². The van der Waals surface area contributed by atoms with Gasteiger partial charge in [-0.15, -0.1) is 17.9 Å². The highest BCUT2D eigenvalue weighted by molar-refractivity contribution is 9.10. The van der Waals surface area contributed by atoms with Gasteiger partial charge in [-0.3, -0.25) is 9.69 Å². The average Bonchev–Trinajstić information content (AvgIpc) is 3.22. The highest BCUT2D eigenvalue weighted by Gasteiger charge is 2.23. The second-order valence-corrected chi connectivity index (χ2v) is 7.41. The van der Waals surface area contributed by atoms with E-state index in [1.165, 1.54) is 11.3 Å². The lowest BCUT2D eigenvalue weighted by molar-refractivity contribution is 0.0989. The van der Waals surface area contributed by atoms with E-state index in [4.69, 9.17) is 9.47 Å². The molecule has 3 rings (SSSR count). The van der Waals surface area contributed by atoms with Gasteiger partial charge in [-0.25, -0.2) is 4.98 Å². The van der Waals surface area contributed by atoms with Gasteiger partial charge in [-0.1, -0.05) is 36.4 Å². The van der Waals surface area contributed by atoms with Gasteiger partial charge in [0.2, 0.25) is 0 Å². The number of methoxy groups -OCH3 is 2. The summed E-state index contributed by atoms with van der Waals surface area (Å²) in [5, 5.41) is 2.54. The summed E-state index contributed by atoms with van der Waals surface area (Å²) in [4.78, 5) is 19.5. The Morgan fingerprint density at radius 2 is 1.86 bits per heavy atom. The number of hydrogen-bond acceptors (Lipinski definition) is 5. The number of nitrogens with zero attached hydrogens (tertiary/aromatic N) is 2. The second-order valence-electron chi connectivity index (χ2n) is 5.78. The molecule has 0 unspecified atom stereocenters. The van der Waals surface area contributed by atoms with Crippen molar-refractivity contribution in [2.75, 3.05) is 25.7 Å². The SMILES string of the molecule is C=CCN(C(=O)c1cc(OC)c(Br)c(OC)c1)c1nc(-c2ccccc2)cs1. The van der Waals surface area contributed by atoms with E-state index in [1.807, 2.05) is 35.7 Å². The van der Waals surface area contributed by atoms with E-state index < -0.39 is 0 Å². The van der Waals surface area contributed by atoms with Crippen molar-refractivity contribution >= 4 is 38.3 Å². The molecule has 1 heterocycles. The molecule has 1 aromatic heterocycles. The number of anilines is 1. The second kappa shape index (κ2) is 9.03. The summed E-state index contributed by atoms with van der Waals surface area (Å²) in [6.45, 7) is 4.11. The molecule has 144 valence electrons. The fourth-order valence-corrected chi connectivity index (χ4v) is 4.05. The van der Waals surface area contributed by atoms with Crippen LogP contribution in [0.5, 0.6) is 11.5 Å². The van der Waals surface area contributed by atoms with E-state index >= 15 is 0 Å². The first kappa shape index (κ1) is 20.1. The van der Waals surface area contributed by atoms with Crippen molar-refractivity contribution in [1.82, 2.24) is 4.98 Å². The summed E-state index contributed by atoms with van der Waals surface area (Å²) < 4.78 is 11.4. The predicted molar refractivity (Wildman–Crippen MR) is 117 cm³/mol. The quantitative estimate of drug-likeness (QED) is 0.443. The van der Waals surface area contributed by atoms with Crippen molar-refractivity contribution in [1.29, 1.82) is 0 Å². The van der Waals surface area contributed by atoms with Gasteiger partial charge in [0.25, 0.3) is 5.91 Å². The molecule has 0 spiro atoms. The van der Waals surface area contributed by atoms with Crippen molar-refractivity contribution in [3.8, 4) is 22.8 Å². The average molecular weight is 459 g/mol. The molecule has 0 saturated heterocycles. The Balaban J connectivity index is 1.98. The highest BCUT2D eigenvalue weighted by Crippen LogP contribution is 2.36. The lowest BCUT2D eigenvalue weighted by Crippen LogP contribution is -2.31. The van der Waals surface area contributed by atoms with Gasteiger partial charge < -0.3 is 9.47 Å². The monoisotopic (exact) mass is 458 g/mol. The molecular weight excluding hydrogens is 440 g/mol. The zero-order valence-electron chi connectivity index (χ0n) is 15.5. The molecule has 1 amide bonds. The summed E-state index contributed by atoms with van der Waals surface area (Å²) in [6.07, 6.45) is 1.68. The van der Waals surface area contributed by atoms with Gasteiger partial charge in [-0.05, 0) is 28.1 Å². The van der Waals surface area contributed by atoms with Crippen LogP contribution in [-0.4, -0.2) is 31.7 Å². The molecule has 28 heavy (non-hydrogen) atoms. The molecule has 7 heteroatoms. The van der Waals surface area contributed by atoms with Gasteiger partial charge in [0.05, 0.1) is 19.9 Å². The van der Waals surface area contributed by atoms with Crippen molar-refractivity contribution in [2.45, 2.75) is 0 Å². The van der Waals surface area contributed by atoms with Crippen LogP contribution in [0, 0.1) is 0 Å². The van der Waals surface area contributed by atoms with Crippen LogP contribution in [-0.2, 0) is 0 Å². The number of thiazole rings is 1. The highest BCUT2D eigenvalue weighted by atomic mass is 79.9. The lowest BCUT2D eigenvalue weighted by atomic mass is 10.1. The number of hydrogen-bond donors (Lipinski definition) is 0. The number of rotatable bonds is 7. The van der Waals surface area contributed by atoms with Crippen molar-refractivity contribution in [2.24, 2.45) is 0 Å².